The second-order valence-electron chi connectivity index (χ2n) is 3.02. The van der Waals surface area contributed by atoms with Crippen LogP contribution in [-0.4, -0.2) is 11.1 Å². The molecule has 0 bridgehead atoms. The van der Waals surface area contributed by atoms with Crippen LogP contribution in [0, 0.1) is 0 Å². The first-order valence-corrected chi connectivity index (χ1v) is 4.89. The van der Waals surface area contributed by atoms with Gasteiger partial charge < -0.3 is 4.74 Å². The molecule has 0 radical (unpaired) electrons. The van der Waals surface area contributed by atoms with Gasteiger partial charge in [0.15, 0.2) is 0 Å². The van der Waals surface area contributed by atoms with E-state index in [1.54, 1.807) is 6.07 Å². The van der Waals surface area contributed by atoms with Gasteiger partial charge in [0.1, 0.15) is 5.15 Å². The lowest BCUT2D eigenvalue weighted by Gasteiger charge is -2.12. The molecule has 3 heteroatoms. The zero-order chi connectivity index (χ0) is 9.68. The van der Waals surface area contributed by atoms with E-state index < -0.39 is 0 Å². The highest BCUT2D eigenvalue weighted by Crippen LogP contribution is 2.14. The van der Waals surface area contributed by atoms with Gasteiger partial charge in [0, 0.05) is 6.07 Å². The molecule has 0 aliphatic carbocycles. The van der Waals surface area contributed by atoms with Crippen molar-refractivity contribution in [3.63, 3.8) is 0 Å². The van der Waals surface area contributed by atoms with E-state index in [4.69, 9.17) is 16.3 Å². The fourth-order valence-electron chi connectivity index (χ4n) is 1.13. The van der Waals surface area contributed by atoms with Gasteiger partial charge in [0.2, 0.25) is 5.88 Å². The average Bonchev–Trinajstić information content (AvgIpc) is 2.04. The highest BCUT2D eigenvalue weighted by atomic mass is 35.5. The summed E-state index contributed by atoms with van der Waals surface area (Å²) in [6.07, 6.45) is 2.35. The van der Waals surface area contributed by atoms with Gasteiger partial charge in [-0.25, -0.2) is 4.98 Å². The lowest BCUT2D eigenvalue weighted by Crippen LogP contribution is -2.11. The maximum Gasteiger partial charge on any atom is 0.214 e. The minimum Gasteiger partial charge on any atom is -0.475 e. The Morgan fingerprint density at radius 2 is 2.31 bits per heavy atom. The van der Waals surface area contributed by atoms with Crippen LogP contribution in [0.5, 0.6) is 5.88 Å². The Hall–Kier alpha value is -0.760. The van der Waals surface area contributed by atoms with Gasteiger partial charge in [-0.05, 0) is 19.4 Å². The molecule has 2 nitrogen and oxygen atoms in total. The van der Waals surface area contributed by atoms with Crippen LogP contribution in [0.2, 0.25) is 5.15 Å². The summed E-state index contributed by atoms with van der Waals surface area (Å²) in [6, 6.07) is 5.39. The van der Waals surface area contributed by atoms with Crippen molar-refractivity contribution in [2.24, 2.45) is 0 Å². The summed E-state index contributed by atoms with van der Waals surface area (Å²) >= 11 is 5.71. The fraction of sp³-hybridized carbons (Fsp3) is 0.500. The third-order valence-corrected chi connectivity index (χ3v) is 1.92. The predicted molar refractivity (Wildman–Crippen MR) is 54.2 cm³/mol. The Kier molecular flexibility index (Phi) is 4.03. The molecule has 1 aromatic heterocycles. The first-order valence-electron chi connectivity index (χ1n) is 4.51. The monoisotopic (exact) mass is 199 g/mol. The number of ether oxygens (including phenoxy) is 1. The molecule has 0 N–H and O–H groups in total. The molecule has 0 aliphatic heterocycles. The maximum atomic E-state index is 5.71. The number of hydrogen-bond donors (Lipinski definition) is 0. The Labute approximate surface area is 83.9 Å². The van der Waals surface area contributed by atoms with Crippen LogP contribution >= 0.6 is 11.6 Å². The van der Waals surface area contributed by atoms with Crippen molar-refractivity contribution in [2.45, 2.75) is 32.8 Å². The lowest BCUT2D eigenvalue weighted by atomic mass is 10.2. The van der Waals surface area contributed by atoms with Gasteiger partial charge in [-0.3, -0.25) is 0 Å². The Balaban J connectivity index is 2.53. The van der Waals surface area contributed by atoms with E-state index in [0.717, 1.165) is 12.8 Å². The summed E-state index contributed by atoms with van der Waals surface area (Å²) in [7, 11) is 0. The molecule has 13 heavy (non-hydrogen) atoms. The van der Waals surface area contributed by atoms with Crippen LogP contribution in [0.4, 0.5) is 0 Å². The van der Waals surface area contributed by atoms with Gasteiger partial charge in [0.05, 0.1) is 6.10 Å². The van der Waals surface area contributed by atoms with E-state index in [1.807, 2.05) is 19.1 Å². The SMILES string of the molecule is CCCC(C)Oc1cccc(Cl)n1. The third kappa shape index (κ3) is 3.64. The minimum atomic E-state index is 0.205. The first-order chi connectivity index (χ1) is 6.22. The second kappa shape index (κ2) is 5.07. The summed E-state index contributed by atoms with van der Waals surface area (Å²) < 4.78 is 5.54. The van der Waals surface area contributed by atoms with Crippen molar-refractivity contribution in [1.29, 1.82) is 0 Å². The van der Waals surface area contributed by atoms with Gasteiger partial charge in [-0.2, -0.15) is 0 Å². The summed E-state index contributed by atoms with van der Waals surface area (Å²) in [4.78, 5) is 4.04. The Morgan fingerprint density at radius 3 is 2.92 bits per heavy atom. The van der Waals surface area contributed by atoms with Crippen LogP contribution < -0.4 is 4.74 Å². The molecule has 0 spiro atoms. The molecule has 1 atom stereocenters. The minimum absolute atomic E-state index is 0.205. The van der Waals surface area contributed by atoms with Gasteiger partial charge in [0.25, 0.3) is 0 Å². The molecule has 1 rings (SSSR count). The molecule has 1 heterocycles. The molecule has 0 aliphatic rings. The fourth-order valence-corrected chi connectivity index (χ4v) is 1.28. The molecule has 0 fully saturated rings. The van der Waals surface area contributed by atoms with Crippen molar-refractivity contribution in [3.05, 3.63) is 23.4 Å². The second-order valence-corrected chi connectivity index (χ2v) is 3.40. The quantitative estimate of drug-likeness (QED) is 0.695. The standard InChI is InChI=1S/C10H14ClNO/c1-3-5-8(2)13-10-7-4-6-9(11)12-10/h4,6-8H,3,5H2,1-2H3. The molecule has 1 unspecified atom stereocenters. The molecule has 0 saturated carbocycles. The van der Waals surface area contributed by atoms with Crippen molar-refractivity contribution < 1.29 is 4.74 Å². The molecular formula is C10H14ClNO. The number of pyridine rings is 1. The van der Waals surface area contributed by atoms with Crippen molar-refractivity contribution >= 4 is 11.6 Å². The topological polar surface area (TPSA) is 22.1 Å². The highest BCUT2D eigenvalue weighted by molar-refractivity contribution is 6.29. The predicted octanol–water partition coefficient (Wildman–Crippen LogP) is 3.30. The zero-order valence-corrected chi connectivity index (χ0v) is 8.71. The Morgan fingerprint density at radius 1 is 1.54 bits per heavy atom. The summed E-state index contributed by atoms with van der Waals surface area (Å²) in [5, 5.41) is 0.473. The molecule has 0 amide bonds. The number of halogens is 1. The van der Waals surface area contributed by atoms with Crippen LogP contribution in [-0.2, 0) is 0 Å². The number of rotatable bonds is 4. The molecule has 0 aromatic carbocycles. The van der Waals surface area contributed by atoms with Crippen LogP contribution in [0.15, 0.2) is 18.2 Å². The molecular weight excluding hydrogens is 186 g/mol. The number of aromatic nitrogens is 1. The number of hydrogen-bond acceptors (Lipinski definition) is 2. The summed E-state index contributed by atoms with van der Waals surface area (Å²) in [5.74, 6) is 0.605. The van der Waals surface area contributed by atoms with Crippen molar-refractivity contribution in [3.8, 4) is 5.88 Å². The van der Waals surface area contributed by atoms with Gasteiger partial charge >= 0.3 is 0 Å². The largest absolute Gasteiger partial charge is 0.475 e. The molecule has 1 aromatic rings. The van der Waals surface area contributed by atoms with Gasteiger partial charge in [-0.1, -0.05) is 31.0 Å². The zero-order valence-electron chi connectivity index (χ0n) is 7.96. The first kappa shape index (κ1) is 10.3. The van der Waals surface area contributed by atoms with Crippen molar-refractivity contribution in [1.82, 2.24) is 4.98 Å². The summed E-state index contributed by atoms with van der Waals surface area (Å²) in [5.41, 5.74) is 0. The van der Waals surface area contributed by atoms with E-state index in [9.17, 15) is 0 Å². The summed E-state index contributed by atoms with van der Waals surface area (Å²) in [6.45, 7) is 4.16. The maximum absolute atomic E-state index is 5.71. The van der Waals surface area contributed by atoms with Crippen LogP contribution in [0.25, 0.3) is 0 Å². The lowest BCUT2D eigenvalue weighted by molar-refractivity contribution is 0.201. The van der Waals surface area contributed by atoms with Crippen molar-refractivity contribution in [2.75, 3.05) is 0 Å². The van der Waals surface area contributed by atoms with E-state index in [0.29, 0.717) is 11.0 Å². The average molecular weight is 200 g/mol. The third-order valence-electron chi connectivity index (χ3n) is 1.71. The van der Waals surface area contributed by atoms with E-state index in [-0.39, 0.29) is 6.10 Å². The Bertz CT molecular complexity index is 265. The van der Waals surface area contributed by atoms with E-state index >= 15 is 0 Å². The molecule has 72 valence electrons. The normalized spacial score (nSPS) is 12.5. The number of nitrogens with zero attached hydrogens (tertiary/aromatic N) is 1. The van der Waals surface area contributed by atoms with Gasteiger partial charge in [-0.15, -0.1) is 0 Å². The van der Waals surface area contributed by atoms with Crippen LogP contribution in [0.1, 0.15) is 26.7 Å². The van der Waals surface area contributed by atoms with E-state index in [2.05, 4.69) is 11.9 Å². The highest BCUT2D eigenvalue weighted by Gasteiger charge is 2.03. The van der Waals surface area contributed by atoms with Crippen LogP contribution in [0.3, 0.4) is 0 Å². The van der Waals surface area contributed by atoms with E-state index in [1.165, 1.54) is 0 Å². The smallest absolute Gasteiger partial charge is 0.214 e. The molecule has 0 saturated heterocycles.